The first-order valence-corrected chi connectivity index (χ1v) is 3.98. The lowest BCUT2D eigenvalue weighted by atomic mass is 10.1. The van der Waals surface area contributed by atoms with E-state index in [1.54, 1.807) is 18.2 Å². The molecule has 0 bridgehead atoms. The van der Waals surface area contributed by atoms with Gasteiger partial charge in [-0.25, -0.2) is 4.79 Å². The highest BCUT2D eigenvalue weighted by molar-refractivity contribution is 5.70. The van der Waals surface area contributed by atoms with Crippen molar-refractivity contribution < 1.29 is 10.2 Å². The zero-order chi connectivity index (χ0) is 10.1. The van der Waals surface area contributed by atoms with E-state index in [0.717, 1.165) is 0 Å². The molecule has 2 aromatic rings. The van der Waals surface area contributed by atoms with Gasteiger partial charge in [-0.3, -0.25) is 4.98 Å². The third-order valence-corrected chi connectivity index (χ3v) is 1.88. The average molecular weight is 192 g/mol. The summed E-state index contributed by atoms with van der Waals surface area (Å²) in [6, 6.07) is 6.41. The number of imidazole rings is 1. The Labute approximate surface area is 78.7 Å². The smallest absolute Gasteiger partial charge is 0.326 e. The minimum atomic E-state index is -0.513. The molecule has 1 heterocycles. The maximum Gasteiger partial charge on any atom is 0.326 e. The van der Waals surface area contributed by atoms with Gasteiger partial charge in [0.15, 0.2) is 0 Å². The summed E-state index contributed by atoms with van der Waals surface area (Å²) in [5, 5.41) is 18.8. The molecule has 0 atom stereocenters. The number of rotatable bonds is 1. The highest BCUT2D eigenvalue weighted by atomic mass is 16.3. The Bertz CT molecular complexity index is 513. The van der Waals surface area contributed by atoms with Gasteiger partial charge in [0.05, 0.1) is 0 Å². The molecule has 0 saturated heterocycles. The normalized spacial score (nSPS) is 10.3. The van der Waals surface area contributed by atoms with Crippen molar-refractivity contribution >= 4 is 0 Å². The Balaban J connectivity index is 2.66. The highest BCUT2D eigenvalue weighted by Crippen LogP contribution is 2.30. The summed E-state index contributed by atoms with van der Waals surface area (Å²) in [4.78, 5) is 15.4. The van der Waals surface area contributed by atoms with Crippen LogP contribution >= 0.6 is 0 Å². The van der Waals surface area contributed by atoms with Crippen LogP contribution in [-0.4, -0.2) is 20.2 Å². The van der Waals surface area contributed by atoms with Crippen LogP contribution in [-0.2, 0) is 0 Å². The van der Waals surface area contributed by atoms with E-state index in [-0.39, 0.29) is 17.3 Å². The van der Waals surface area contributed by atoms with Crippen LogP contribution in [0.5, 0.6) is 11.6 Å². The first-order chi connectivity index (χ1) is 6.68. The average Bonchev–Trinajstić information content (AvgIpc) is 2.46. The number of phenolic OH excluding ortho intramolecular Hbond substituents is 1. The minimum Gasteiger partial charge on any atom is -0.507 e. The van der Waals surface area contributed by atoms with Crippen molar-refractivity contribution in [2.24, 2.45) is 0 Å². The second-order valence-electron chi connectivity index (χ2n) is 2.82. The zero-order valence-corrected chi connectivity index (χ0v) is 7.11. The molecular weight excluding hydrogens is 184 g/mol. The van der Waals surface area contributed by atoms with Crippen LogP contribution in [0.1, 0.15) is 0 Å². The van der Waals surface area contributed by atoms with E-state index in [4.69, 9.17) is 0 Å². The summed E-state index contributed by atoms with van der Waals surface area (Å²) in [6.07, 6.45) is 0. The van der Waals surface area contributed by atoms with Crippen LogP contribution in [0.4, 0.5) is 0 Å². The number of aromatic amines is 2. The molecule has 4 N–H and O–H groups in total. The van der Waals surface area contributed by atoms with Crippen LogP contribution in [0.3, 0.4) is 0 Å². The molecular formula is C9H8N2O3. The second-order valence-corrected chi connectivity index (χ2v) is 2.82. The van der Waals surface area contributed by atoms with E-state index in [9.17, 15) is 15.0 Å². The monoisotopic (exact) mass is 192 g/mol. The Morgan fingerprint density at radius 3 is 2.36 bits per heavy atom. The largest absolute Gasteiger partial charge is 0.507 e. The molecule has 0 spiro atoms. The third-order valence-electron chi connectivity index (χ3n) is 1.88. The molecule has 0 aliphatic rings. The van der Waals surface area contributed by atoms with Crippen molar-refractivity contribution in [1.82, 2.24) is 9.97 Å². The Morgan fingerprint density at radius 2 is 1.79 bits per heavy atom. The van der Waals surface area contributed by atoms with E-state index >= 15 is 0 Å². The minimum absolute atomic E-state index is 0.00181. The number of aromatic nitrogens is 2. The van der Waals surface area contributed by atoms with Crippen molar-refractivity contribution in [2.75, 3.05) is 0 Å². The molecule has 72 valence electrons. The van der Waals surface area contributed by atoms with Crippen LogP contribution in [0.15, 0.2) is 29.1 Å². The van der Waals surface area contributed by atoms with Crippen molar-refractivity contribution in [3.8, 4) is 22.9 Å². The van der Waals surface area contributed by atoms with Gasteiger partial charge in [0.25, 0.3) is 0 Å². The molecule has 0 aliphatic heterocycles. The Hall–Kier alpha value is -2.17. The lowest BCUT2D eigenvalue weighted by Gasteiger charge is -2.00. The summed E-state index contributed by atoms with van der Waals surface area (Å²) < 4.78 is 0. The molecule has 2 rings (SSSR count). The van der Waals surface area contributed by atoms with Crippen molar-refractivity contribution in [3.63, 3.8) is 0 Å². The van der Waals surface area contributed by atoms with Gasteiger partial charge in [-0.1, -0.05) is 12.1 Å². The maximum atomic E-state index is 10.8. The number of aromatic hydroxyl groups is 2. The zero-order valence-electron chi connectivity index (χ0n) is 7.11. The number of para-hydroxylation sites is 1. The molecule has 0 saturated carbocycles. The van der Waals surface area contributed by atoms with Gasteiger partial charge in [0.1, 0.15) is 11.4 Å². The molecule has 0 radical (unpaired) electrons. The lowest BCUT2D eigenvalue weighted by Crippen LogP contribution is -2.00. The summed E-state index contributed by atoms with van der Waals surface area (Å²) in [5.41, 5.74) is 0.0530. The van der Waals surface area contributed by atoms with Gasteiger partial charge in [0.2, 0.25) is 5.88 Å². The number of benzene rings is 1. The van der Waals surface area contributed by atoms with Crippen LogP contribution < -0.4 is 5.69 Å². The lowest BCUT2D eigenvalue weighted by molar-refractivity contribution is 0.455. The summed E-state index contributed by atoms with van der Waals surface area (Å²) in [6.45, 7) is 0. The van der Waals surface area contributed by atoms with Crippen molar-refractivity contribution in [2.45, 2.75) is 0 Å². The molecule has 0 amide bonds. The number of H-pyrrole nitrogens is 2. The predicted molar refractivity (Wildman–Crippen MR) is 50.2 cm³/mol. The number of hydrogen-bond donors (Lipinski definition) is 4. The highest BCUT2D eigenvalue weighted by Gasteiger charge is 2.10. The van der Waals surface area contributed by atoms with E-state index in [2.05, 4.69) is 9.97 Å². The van der Waals surface area contributed by atoms with Gasteiger partial charge in [0, 0.05) is 5.56 Å². The van der Waals surface area contributed by atoms with E-state index < -0.39 is 5.69 Å². The fraction of sp³-hybridized carbons (Fsp3) is 0. The van der Waals surface area contributed by atoms with Crippen molar-refractivity contribution in [3.05, 3.63) is 34.7 Å². The van der Waals surface area contributed by atoms with Crippen LogP contribution in [0.2, 0.25) is 0 Å². The van der Waals surface area contributed by atoms with E-state index in [1.807, 2.05) is 0 Å². The number of nitrogens with one attached hydrogen (secondary N) is 2. The summed E-state index contributed by atoms with van der Waals surface area (Å²) >= 11 is 0. The summed E-state index contributed by atoms with van der Waals surface area (Å²) in [7, 11) is 0. The van der Waals surface area contributed by atoms with Gasteiger partial charge < -0.3 is 15.2 Å². The molecule has 14 heavy (non-hydrogen) atoms. The molecule has 5 heteroatoms. The fourth-order valence-electron chi connectivity index (χ4n) is 1.25. The molecule has 1 aromatic heterocycles. The molecule has 5 nitrogen and oxygen atoms in total. The van der Waals surface area contributed by atoms with E-state index in [0.29, 0.717) is 5.56 Å². The Kier molecular flexibility index (Phi) is 1.78. The van der Waals surface area contributed by atoms with Crippen LogP contribution in [0.25, 0.3) is 11.3 Å². The van der Waals surface area contributed by atoms with Crippen LogP contribution in [0, 0.1) is 0 Å². The third kappa shape index (κ3) is 1.24. The van der Waals surface area contributed by atoms with Gasteiger partial charge in [-0.15, -0.1) is 0 Å². The molecule has 0 aliphatic carbocycles. The maximum absolute atomic E-state index is 10.8. The standard InChI is InChI=1S/C9H8N2O3/c12-6-4-2-1-3-5(6)7-8(13)11-9(14)10-7/h1-4,12-13H,(H2,10,11,14). The second kappa shape index (κ2) is 2.95. The van der Waals surface area contributed by atoms with E-state index in [1.165, 1.54) is 6.07 Å². The Morgan fingerprint density at radius 1 is 1.07 bits per heavy atom. The molecule has 0 fully saturated rings. The van der Waals surface area contributed by atoms with Gasteiger partial charge in [-0.2, -0.15) is 0 Å². The molecule has 1 aromatic carbocycles. The van der Waals surface area contributed by atoms with Crippen molar-refractivity contribution in [1.29, 1.82) is 0 Å². The topological polar surface area (TPSA) is 89.1 Å². The molecule has 0 unspecified atom stereocenters. The quantitative estimate of drug-likeness (QED) is 0.538. The summed E-state index contributed by atoms with van der Waals surface area (Å²) in [5.74, 6) is -0.283. The first-order valence-electron chi connectivity index (χ1n) is 3.98. The van der Waals surface area contributed by atoms with Gasteiger partial charge >= 0.3 is 5.69 Å². The van der Waals surface area contributed by atoms with Gasteiger partial charge in [-0.05, 0) is 12.1 Å². The number of phenols is 1. The fourth-order valence-corrected chi connectivity index (χ4v) is 1.25. The predicted octanol–water partition coefficient (Wildman–Crippen LogP) is 0.781. The SMILES string of the molecule is O=c1[nH]c(O)c(-c2ccccc2O)[nH]1. The first kappa shape index (κ1) is 8.43. The number of hydrogen-bond acceptors (Lipinski definition) is 3.